The predicted octanol–water partition coefficient (Wildman–Crippen LogP) is 2.25. The van der Waals surface area contributed by atoms with Gasteiger partial charge in [0.2, 0.25) is 12.7 Å². The van der Waals surface area contributed by atoms with E-state index in [4.69, 9.17) is 9.47 Å². The summed E-state index contributed by atoms with van der Waals surface area (Å²) >= 11 is 0. The third kappa shape index (κ3) is 3.48. The molecule has 1 atom stereocenters. The van der Waals surface area contributed by atoms with E-state index in [0.717, 1.165) is 5.56 Å². The van der Waals surface area contributed by atoms with Gasteiger partial charge in [0, 0.05) is 18.7 Å². The summed E-state index contributed by atoms with van der Waals surface area (Å²) in [6.45, 7) is 0.829. The molecule has 2 heterocycles. The molecule has 2 aliphatic heterocycles. The van der Waals surface area contributed by atoms with Gasteiger partial charge in [0.05, 0.1) is 0 Å². The molecule has 2 aliphatic rings. The Morgan fingerprint density at radius 2 is 1.89 bits per heavy atom. The summed E-state index contributed by atoms with van der Waals surface area (Å²) in [4.78, 5) is 26.7. The topological polar surface area (TPSA) is 67.9 Å². The van der Waals surface area contributed by atoms with Gasteiger partial charge in [-0.2, -0.15) is 0 Å². The number of nitrogens with one attached hydrogen (secondary N) is 1. The molecule has 2 aromatic carbocycles. The third-order valence-electron chi connectivity index (χ3n) is 4.48. The lowest BCUT2D eigenvalue weighted by molar-refractivity contribution is -0.123. The van der Waals surface area contributed by atoms with Crippen molar-refractivity contribution in [3.8, 4) is 11.5 Å². The molecular formula is C20H17FN2O4. The summed E-state index contributed by atoms with van der Waals surface area (Å²) in [5.74, 6) is 0.319. The number of hydrogen-bond acceptors (Lipinski definition) is 4. The van der Waals surface area contributed by atoms with Crippen LogP contribution in [0.25, 0.3) is 0 Å². The Labute approximate surface area is 155 Å². The largest absolute Gasteiger partial charge is 0.454 e. The molecule has 1 N–H and O–H groups in total. The summed E-state index contributed by atoms with van der Waals surface area (Å²) in [6.07, 6.45) is 3.46. The summed E-state index contributed by atoms with van der Waals surface area (Å²) in [5, 5.41) is 2.84. The molecule has 0 radical (unpaired) electrons. The van der Waals surface area contributed by atoms with Gasteiger partial charge in [-0.1, -0.05) is 18.2 Å². The van der Waals surface area contributed by atoms with E-state index in [1.54, 1.807) is 18.2 Å². The normalized spacial score (nSPS) is 17.2. The van der Waals surface area contributed by atoms with Gasteiger partial charge in [-0.15, -0.1) is 0 Å². The number of fused-ring (bicyclic) bond motifs is 1. The Hall–Kier alpha value is -3.35. The molecule has 0 saturated carbocycles. The van der Waals surface area contributed by atoms with Gasteiger partial charge in [-0.3, -0.25) is 9.59 Å². The van der Waals surface area contributed by atoms with Gasteiger partial charge in [-0.25, -0.2) is 4.39 Å². The maximum Gasteiger partial charge on any atom is 0.255 e. The molecular weight excluding hydrogens is 351 g/mol. The van der Waals surface area contributed by atoms with Crippen LogP contribution in [-0.2, 0) is 11.3 Å². The number of carbonyl (C=O) groups excluding carboxylic acids is 2. The zero-order valence-corrected chi connectivity index (χ0v) is 14.4. The first-order chi connectivity index (χ1) is 13.1. The van der Waals surface area contributed by atoms with E-state index in [9.17, 15) is 14.0 Å². The average molecular weight is 368 g/mol. The Bertz CT molecular complexity index is 911. The van der Waals surface area contributed by atoms with Crippen LogP contribution in [0, 0.1) is 5.82 Å². The van der Waals surface area contributed by atoms with Crippen molar-refractivity contribution < 1.29 is 23.5 Å². The second-order valence-electron chi connectivity index (χ2n) is 6.24. The molecule has 138 valence electrons. The Kier molecular flexibility index (Phi) is 4.50. The van der Waals surface area contributed by atoms with Crippen molar-refractivity contribution in [2.75, 3.05) is 13.3 Å². The molecule has 0 aliphatic carbocycles. The zero-order valence-electron chi connectivity index (χ0n) is 14.4. The molecule has 0 aromatic heterocycles. The van der Waals surface area contributed by atoms with Gasteiger partial charge >= 0.3 is 0 Å². The highest BCUT2D eigenvalue weighted by Crippen LogP contribution is 2.32. The van der Waals surface area contributed by atoms with Crippen LogP contribution in [0.4, 0.5) is 4.39 Å². The van der Waals surface area contributed by atoms with E-state index in [0.29, 0.717) is 30.2 Å². The van der Waals surface area contributed by atoms with Gasteiger partial charge in [-0.05, 0) is 42.0 Å². The van der Waals surface area contributed by atoms with Crippen molar-refractivity contribution in [3.63, 3.8) is 0 Å². The number of nitrogens with zero attached hydrogens (tertiary/aromatic N) is 1. The van der Waals surface area contributed by atoms with Gasteiger partial charge < -0.3 is 19.7 Å². The fourth-order valence-electron chi connectivity index (χ4n) is 3.06. The Balaban J connectivity index is 1.40. The minimum Gasteiger partial charge on any atom is -0.454 e. The first-order valence-corrected chi connectivity index (χ1v) is 8.51. The van der Waals surface area contributed by atoms with Crippen molar-refractivity contribution >= 4 is 11.8 Å². The van der Waals surface area contributed by atoms with E-state index in [1.165, 1.54) is 29.2 Å². The van der Waals surface area contributed by atoms with Crippen molar-refractivity contribution in [1.82, 2.24) is 10.2 Å². The molecule has 0 fully saturated rings. The zero-order chi connectivity index (χ0) is 18.8. The predicted molar refractivity (Wildman–Crippen MR) is 94.8 cm³/mol. The number of ether oxygens (including phenoxy) is 2. The number of hydrogen-bond donors (Lipinski definition) is 1. The molecule has 2 amide bonds. The molecule has 0 unspecified atom stereocenters. The Morgan fingerprint density at radius 1 is 1.11 bits per heavy atom. The number of benzene rings is 2. The van der Waals surface area contributed by atoms with Crippen molar-refractivity contribution in [1.29, 1.82) is 0 Å². The van der Waals surface area contributed by atoms with Crippen LogP contribution in [-0.4, -0.2) is 36.1 Å². The fraction of sp³-hybridized carbons (Fsp3) is 0.200. The van der Waals surface area contributed by atoms with Crippen LogP contribution < -0.4 is 14.8 Å². The van der Waals surface area contributed by atoms with Gasteiger partial charge in [0.15, 0.2) is 11.5 Å². The lowest BCUT2D eigenvalue weighted by Crippen LogP contribution is -2.46. The molecule has 2 aromatic rings. The standard InChI is InChI=1S/C20H17FN2O4/c21-15-6-4-14(5-7-15)20(25)23-9-1-2-16(23)19(24)22-11-13-3-8-17-18(10-13)27-12-26-17/h1-8,10,16H,9,11-12H2,(H,22,24)/t16-/m0/s1. The number of carbonyl (C=O) groups is 2. The first kappa shape index (κ1) is 17.1. The van der Waals surface area contributed by atoms with E-state index in [-0.39, 0.29) is 18.6 Å². The lowest BCUT2D eigenvalue weighted by atomic mass is 10.1. The first-order valence-electron chi connectivity index (χ1n) is 8.51. The van der Waals surface area contributed by atoms with Crippen molar-refractivity contribution in [2.45, 2.75) is 12.6 Å². The monoisotopic (exact) mass is 368 g/mol. The average Bonchev–Trinajstić information content (AvgIpc) is 3.35. The van der Waals surface area contributed by atoms with Crippen LogP contribution in [0.3, 0.4) is 0 Å². The third-order valence-corrected chi connectivity index (χ3v) is 4.48. The number of halogens is 1. The van der Waals surface area contributed by atoms with E-state index in [1.807, 2.05) is 12.1 Å². The van der Waals surface area contributed by atoms with Crippen LogP contribution >= 0.6 is 0 Å². The molecule has 0 spiro atoms. The SMILES string of the molecule is O=C(NCc1ccc2c(c1)OCO2)[C@@H]1C=CCN1C(=O)c1ccc(F)cc1. The molecule has 27 heavy (non-hydrogen) atoms. The highest BCUT2D eigenvalue weighted by atomic mass is 19.1. The quantitative estimate of drug-likeness (QED) is 0.841. The minimum atomic E-state index is -0.698. The fourth-order valence-corrected chi connectivity index (χ4v) is 3.06. The summed E-state index contributed by atoms with van der Waals surface area (Å²) in [5.41, 5.74) is 1.21. The summed E-state index contributed by atoms with van der Waals surface area (Å²) in [7, 11) is 0. The molecule has 6 nitrogen and oxygen atoms in total. The Morgan fingerprint density at radius 3 is 2.70 bits per heavy atom. The highest BCUT2D eigenvalue weighted by molar-refractivity contribution is 5.98. The van der Waals surface area contributed by atoms with Crippen LogP contribution in [0.2, 0.25) is 0 Å². The smallest absolute Gasteiger partial charge is 0.255 e. The summed E-state index contributed by atoms with van der Waals surface area (Å²) in [6, 6.07) is 10.0. The maximum absolute atomic E-state index is 13.1. The molecule has 0 bridgehead atoms. The second-order valence-corrected chi connectivity index (χ2v) is 6.24. The van der Waals surface area contributed by atoms with E-state index in [2.05, 4.69) is 5.32 Å². The van der Waals surface area contributed by atoms with Crippen LogP contribution in [0.1, 0.15) is 15.9 Å². The number of amides is 2. The van der Waals surface area contributed by atoms with Crippen LogP contribution in [0.5, 0.6) is 11.5 Å². The van der Waals surface area contributed by atoms with Crippen LogP contribution in [0.15, 0.2) is 54.6 Å². The minimum absolute atomic E-state index is 0.193. The summed E-state index contributed by atoms with van der Waals surface area (Å²) < 4.78 is 23.6. The number of rotatable bonds is 4. The second kappa shape index (κ2) is 7.11. The highest BCUT2D eigenvalue weighted by Gasteiger charge is 2.31. The maximum atomic E-state index is 13.1. The molecule has 4 rings (SSSR count). The van der Waals surface area contributed by atoms with Crippen molar-refractivity contribution in [2.24, 2.45) is 0 Å². The lowest BCUT2D eigenvalue weighted by Gasteiger charge is -2.24. The van der Waals surface area contributed by atoms with Gasteiger partial charge in [0.1, 0.15) is 11.9 Å². The van der Waals surface area contributed by atoms with Gasteiger partial charge in [0.25, 0.3) is 5.91 Å². The molecule has 0 saturated heterocycles. The van der Waals surface area contributed by atoms with Crippen molar-refractivity contribution in [3.05, 3.63) is 71.6 Å². The molecule has 7 heteroatoms. The van der Waals surface area contributed by atoms with E-state index < -0.39 is 11.9 Å². The van der Waals surface area contributed by atoms with E-state index >= 15 is 0 Å².